The number of aromatic nitrogens is 2. The summed E-state index contributed by atoms with van der Waals surface area (Å²) in [5.74, 6) is 0.411. The van der Waals surface area contributed by atoms with Crippen molar-refractivity contribution in [1.29, 1.82) is 0 Å². The van der Waals surface area contributed by atoms with Crippen molar-refractivity contribution >= 4 is 11.5 Å². The molecular formula is C11H18N4O3. The first-order valence-electron chi connectivity index (χ1n) is 6.14. The van der Waals surface area contributed by atoms with Crippen LogP contribution in [0.2, 0.25) is 0 Å². The monoisotopic (exact) mass is 254 g/mol. The van der Waals surface area contributed by atoms with Crippen molar-refractivity contribution in [3.05, 3.63) is 15.8 Å². The number of aliphatic hydroxyl groups is 1. The Labute approximate surface area is 105 Å². The Morgan fingerprint density at radius 1 is 1.61 bits per heavy atom. The molecule has 1 aliphatic carbocycles. The lowest BCUT2D eigenvalue weighted by Crippen LogP contribution is -2.48. The molecule has 18 heavy (non-hydrogen) atoms. The Hall–Kier alpha value is -1.63. The topological polar surface area (TPSA) is 93.2 Å². The van der Waals surface area contributed by atoms with Crippen LogP contribution in [-0.4, -0.2) is 32.0 Å². The van der Waals surface area contributed by atoms with Gasteiger partial charge in [0.2, 0.25) is 5.82 Å². The molecule has 1 heterocycles. The summed E-state index contributed by atoms with van der Waals surface area (Å²) in [4.78, 5) is 10.7. The average Bonchev–Trinajstić information content (AvgIpc) is 2.59. The van der Waals surface area contributed by atoms with Crippen molar-refractivity contribution in [2.45, 2.75) is 45.2 Å². The minimum atomic E-state index is -0.416. The number of hydrogen-bond acceptors (Lipinski definition) is 5. The highest BCUT2D eigenvalue weighted by Gasteiger charge is 2.39. The fraction of sp³-hybridized carbons (Fsp3) is 0.727. The van der Waals surface area contributed by atoms with E-state index in [0.717, 1.165) is 19.3 Å². The van der Waals surface area contributed by atoms with Crippen molar-refractivity contribution in [3.8, 4) is 0 Å². The molecule has 7 nitrogen and oxygen atoms in total. The summed E-state index contributed by atoms with van der Waals surface area (Å²) >= 11 is 0. The largest absolute Gasteiger partial charge is 0.394 e. The van der Waals surface area contributed by atoms with E-state index in [1.807, 2.05) is 6.92 Å². The summed E-state index contributed by atoms with van der Waals surface area (Å²) in [7, 11) is 0. The van der Waals surface area contributed by atoms with Gasteiger partial charge in [0.25, 0.3) is 0 Å². The highest BCUT2D eigenvalue weighted by Crippen LogP contribution is 2.38. The predicted octanol–water partition coefficient (Wildman–Crippen LogP) is 1.45. The van der Waals surface area contributed by atoms with Crippen LogP contribution in [0, 0.1) is 17.0 Å². The molecule has 100 valence electrons. The Morgan fingerprint density at radius 2 is 2.28 bits per heavy atom. The number of hydrogen-bond donors (Lipinski definition) is 2. The van der Waals surface area contributed by atoms with Crippen LogP contribution in [0.4, 0.5) is 11.5 Å². The van der Waals surface area contributed by atoms with Gasteiger partial charge in [0.05, 0.1) is 17.1 Å². The fourth-order valence-corrected chi connectivity index (χ4v) is 2.32. The normalized spacial score (nSPS) is 17.3. The third-order valence-corrected chi connectivity index (χ3v) is 3.57. The van der Waals surface area contributed by atoms with E-state index in [2.05, 4.69) is 10.4 Å². The summed E-state index contributed by atoms with van der Waals surface area (Å²) < 4.78 is 1.59. The van der Waals surface area contributed by atoms with Crippen molar-refractivity contribution in [1.82, 2.24) is 9.78 Å². The van der Waals surface area contributed by atoms with Gasteiger partial charge in [-0.2, -0.15) is 5.10 Å². The van der Waals surface area contributed by atoms with Crippen LogP contribution in [0.15, 0.2) is 0 Å². The van der Waals surface area contributed by atoms with E-state index in [4.69, 9.17) is 0 Å². The van der Waals surface area contributed by atoms with Crippen LogP contribution in [0.25, 0.3) is 0 Å². The standard InChI is InChI=1S/C11H18N4O3/c1-3-14-10(9(15(17)18)8(2)13-14)12-11(7-16)5-4-6-11/h12,16H,3-7H2,1-2H3. The summed E-state index contributed by atoms with van der Waals surface area (Å²) in [6, 6.07) is 0. The maximum atomic E-state index is 11.1. The van der Waals surface area contributed by atoms with E-state index in [9.17, 15) is 15.2 Å². The van der Waals surface area contributed by atoms with Gasteiger partial charge in [-0.25, -0.2) is 4.68 Å². The van der Waals surface area contributed by atoms with E-state index in [1.165, 1.54) is 0 Å². The molecule has 2 N–H and O–H groups in total. The zero-order valence-electron chi connectivity index (χ0n) is 10.6. The molecule has 0 atom stereocenters. The predicted molar refractivity (Wildman–Crippen MR) is 66.6 cm³/mol. The van der Waals surface area contributed by atoms with E-state index in [-0.39, 0.29) is 12.3 Å². The van der Waals surface area contributed by atoms with Gasteiger partial charge >= 0.3 is 5.69 Å². The quantitative estimate of drug-likeness (QED) is 0.612. The first-order valence-corrected chi connectivity index (χ1v) is 6.14. The fourth-order valence-electron chi connectivity index (χ4n) is 2.32. The maximum Gasteiger partial charge on any atom is 0.333 e. The Morgan fingerprint density at radius 3 is 2.67 bits per heavy atom. The van der Waals surface area contributed by atoms with Crippen LogP contribution in [0.3, 0.4) is 0 Å². The number of rotatable bonds is 5. The van der Waals surface area contributed by atoms with E-state index >= 15 is 0 Å². The Balaban J connectivity index is 2.38. The summed E-state index contributed by atoms with van der Waals surface area (Å²) in [5, 5.41) is 27.8. The average molecular weight is 254 g/mol. The Kier molecular flexibility index (Phi) is 3.25. The van der Waals surface area contributed by atoms with Gasteiger partial charge in [0.1, 0.15) is 5.69 Å². The van der Waals surface area contributed by atoms with Crippen LogP contribution < -0.4 is 5.32 Å². The van der Waals surface area contributed by atoms with Crippen LogP contribution in [0.1, 0.15) is 31.9 Å². The molecule has 1 saturated carbocycles. The number of nitrogens with one attached hydrogen (secondary N) is 1. The number of aryl methyl sites for hydroxylation is 2. The number of nitro groups is 1. The molecule has 7 heteroatoms. The van der Waals surface area contributed by atoms with Crippen LogP contribution in [-0.2, 0) is 6.54 Å². The molecule has 1 aromatic heterocycles. The van der Waals surface area contributed by atoms with Gasteiger partial charge < -0.3 is 10.4 Å². The van der Waals surface area contributed by atoms with Crippen molar-refractivity contribution in [3.63, 3.8) is 0 Å². The molecule has 0 bridgehead atoms. The minimum Gasteiger partial charge on any atom is -0.394 e. The first kappa shape index (κ1) is 12.8. The summed E-state index contributed by atoms with van der Waals surface area (Å²) in [5.41, 5.74) is -0.00205. The lowest BCUT2D eigenvalue weighted by Gasteiger charge is -2.41. The lowest BCUT2D eigenvalue weighted by molar-refractivity contribution is -0.384. The molecule has 2 rings (SSSR count). The lowest BCUT2D eigenvalue weighted by atomic mass is 9.77. The highest BCUT2D eigenvalue weighted by atomic mass is 16.6. The third-order valence-electron chi connectivity index (χ3n) is 3.57. The van der Waals surface area contributed by atoms with Crippen molar-refractivity contribution in [2.75, 3.05) is 11.9 Å². The highest BCUT2D eigenvalue weighted by molar-refractivity contribution is 5.61. The number of anilines is 1. The molecule has 0 radical (unpaired) electrons. The van der Waals surface area contributed by atoms with E-state index in [1.54, 1.807) is 11.6 Å². The third kappa shape index (κ3) is 1.94. The molecule has 0 amide bonds. The number of nitrogens with zero attached hydrogens (tertiary/aromatic N) is 3. The minimum absolute atomic E-state index is 0.0107. The van der Waals surface area contributed by atoms with E-state index < -0.39 is 10.5 Å². The van der Waals surface area contributed by atoms with E-state index in [0.29, 0.717) is 18.1 Å². The second-order valence-electron chi connectivity index (χ2n) is 4.77. The maximum absolute atomic E-state index is 11.1. The smallest absolute Gasteiger partial charge is 0.333 e. The van der Waals surface area contributed by atoms with Crippen LogP contribution >= 0.6 is 0 Å². The molecule has 0 saturated heterocycles. The van der Waals surface area contributed by atoms with Gasteiger partial charge in [0.15, 0.2) is 0 Å². The van der Waals surface area contributed by atoms with Gasteiger partial charge in [-0.3, -0.25) is 10.1 Å². The SMILES string of the molecule is CCn1nc(C)c([N+](=O)[O-])c1NC1(CO)CCC1. The molecule has 1 fully saturated rings. The van der Waals surface area contributed by atoms with Crippen molar-refractivity contribution < 1.29 is 10.0 Å². The molecular weight excluding hydrogens is 236 g/mol. The van der Waals surface area contributed by atoms with Gasteiger partial charge in [-0.15, -0.1) is 0 Å². The summed E-state index contributed by atoms with van der Waals surface area (Å²) in [6.07, 6.45) is 2.68. The second kappa shape index (κ2) is 4.56. The molecule has 1 aromatic rings. The van der Waals surface area contributed by atoms with Gasteiger partial charge in [-0.05, 0) is 33.1 Å². The second-order valence-corrected chi connectivity index (χ2v) is 4.77. The summed E-state index contributed by atoms with van der Waals surface area (Å²) in [6.45, 7) is 4.05. The van der Waals surface area contributed by atoms with Crippen molar-refractivity contribution in [2.24, 2.45) is 0 Å². The van der Waals surface area contributed by atoms with Crippen LogP contribution in [0.5, 0.6) is 0 Å². The van der Waals surface area contributed by atoms with Gasteiger partial charge in [0, 0.05) is 6.54 Å². The molecule has 0 aliphatic heterocycles. The van der Waals surface area contributed by atoms with Gasteiger partial charge in [-0.1, -0.05) is 0 Å². The molecule has 0 aromatic carbocycles. The Bertz CT molecular complexity index is 460. The molecule has 1 aliphatic rings. The zero-order chi connectivity index (χ0) is 13.3. The number of aliphatic hydroxyl groups excluding tert-OH is 1. The molecule has 0 unspecified atom stereocenters. The first-order chi connectivity index (χ1) is 8.53. The zero-order valence-corrected chi connectivity index (χ0v) is 10.6. The molecule has 0 spiro atoms.